The van der Waals surface area contributed by atoms with E-state index in [0.29, 0.717) is 11.5 Å². The van der Waals surface area contributed by atoms with Crippen molar-refractivity contribution >= 4 is 27.4 Å². The molecule has 4 aromatic rings. The number of aromatic nitrogens is 7. The lowest BCUT2D eigenvalue weighted by atomic mass is 9.97. The van der Waals surface area contributed by atoms with Gasteiger partial charge >= 0.3 is 0 Å². The molecule has 158 valence electrons. The molecule has 0 saturated carbocycles. The molecule has 0 saturated heterocycles. The molecule has 1 aliphatic heterocycles. The summed E-state index contributed by atoms with van der Waals surface area (Å²) in [6.45, 7) is 3.13. The Bertz CT molecular complexity index is 1250. The molecule has 0 bridgehead atoms. The van der Waals surface area contributed by atoms with Crippen LogP contribution in [0.5, 0.6) is 0 Å². The molecule has 1 unspecified atom stereocenters. The van der Waals surface area contributed by atoms with Crippen molar-refractivity contribution in [3.63, 3.8) is 0 Å². The lowest BCUT2D eigenvalue weighted by Crippen LogP contribution is -2.19. The van der Waals surface area contributed by atoms with E-state index in [4.69, 9.17) is 9.97 Å². The van der Waals surface area contributed by atoms with Gasteiger partial charge in [0.05, 0.1) is 17.6 Å². The Hall–Kier alpha value is -2.94. The standard InChI is InChI=1S/C22H24N8S/c1-13(21-29-28-17-8-4-5-11-30(17)21)25-20-18-14-6-2-3-7-16(14)31-22(18)27-19(26-20)15-12-23-9-10-24-15/h9-10,12-13H,2-8,11H2,1H3,(H,25,26,27). The topological polar surface area (TPSA) is 94.3 Å². The second kappa shape index (κ2) is 7.64. The minimum absolute atomic E-state index is 0.00806. The minimum Gasteiger partial charge on any atom is -0.360 e. The molecule has 0 amide bonds. The number of fused-ring (bicyclic) bond motifs is 4. The zero-order chi connectivity index (χ0) is 20.8. The smallest absolute Gasteiger partial charge is 0.183 e. The Morgan fingerprint density at radius 2 is 1.94 bits per heavy atom. The highest BCUT2D eigenvalue weighted by Crippen LogP contribution is 2.40. The molecule has 0 fully saturated rings. The van der Waals surface area contributed by atoms with Crippen LogP contribution >= 0.6 is 11.3 Å². The predicted molar refractivity (Wildman–Crippen MR) is 120 cm³/mol. The first-order valence-electron chi connectivity index (χ1n) is 11.0. The highest BCUT2D eigenvalue weighted by molar-refractivity contribution is 7.19. The summed E-state index contributed by atoms with van der Waals surface area (Å²) in [6.07, 6.45) is 13.1. The van der Waals surface area contributed by atoms with Gasteiger partial charge in [-0.15, -0.1) is 21.5 Å². The van der Waals surface area contributed by atoms with E-state index in [1.165, 1.54) is 36.1 Å². The maximum absolute atomic E-state index is 4.94. The summed E-state index contributed by atoms with van der Waals surface area (Å²) in [5, 5.41) is 13.8. The van der Waals surface area contributed by atoms with Gasteiger partial charge in [-0.05, 0) is 51.0 Å². The van der Waals surface area contributed by atoms with Crippen LogP contribution in [0, 0.1) is 0 Å². The second-order valence-corrected chi connectivity index (χ2v) is 9.41. The van der Waals surface area contributed by atoms with Gasteiger partial charge in [0.25, 0.3) is 0 Å². The van der Waals surface area contributed by atoms with Gasteiger partial charge < -0.3 is 9.88 Å². The normalized spacial score (nSPS) is 16.7. The summed E-state index contributed by atoms with van der Waals surface area (Å²) in [4.78, 5) is 20.9. The Morgan fingerprint density at radius 3 is 2.84 bits per heavy atom. The third-order valence-corrected chi connectivity index (χ3v) is 7.42. The van der Waals surface area contributed by atoms with Crippen LogP contribution < -0.4 is 5.32 Å². The van der Waals surface area contributed by atoms with E-state index in [2.05, 4.69) is 37.0 Å². The van der Waals surface area contributed by atoms with Gasteiger partial charge in [0.2, 0.25) is 0 Å². The molecule has 6 rings (SSSR count). The van der Waals surface area contributed by atoms with Crippen molar-refractivity contribution in [1.29, 1.82) is 0 Å². The van der Waals surface area contributed by atoms with Crippen molar-refractivity contribution < 1.29 is 0 Å². The largest absolute Gasteiger partial charge is 0.360 e. The molecule has 1 aliphatic carbocycles. The van der Waals surface area contributed by atoms with Crippen LogP contribution in [0.2, 0.25) is 0 Å². The summed E-state index contributed by atoms with van der Waals surface area (Å²) in [7, 11) is 0. The number of nitrogens with zero attached hydrogens (tertiary/aromatic N) is 7. The van der Waals surface area contributed by atoms with Gasteiger partial charge in [-0.25, -0.2) is 15.0 Å². The predicted octanol–water partition coefficient (Wildman–Crippen LogP) is 4.13. The second-order valence-electron chi connectivity index (χ2n) is 8.33. The van der Waals surface area contributed by atoms with Crippen LogP contribution in [-0.4, -0.2) is 34.7 Å². The number of aryl methyl sites for hydroxylation is 3. The summed E-state index contributed by atoms with van der Waals surface area (Å²) in [6, 6.07) is -0.00806. The number of hydrogen-bond donors (Lipinski definition) is 1. The molecule has 1 atom stereocenters. The maximum Gasteiger partial charge on any atom is 0.183 e. The fourth-order valence-electron chi connectivity index (χ4n) is 4.71. The van der Waals surface area contributed by atoms with E-state index in [0.717, 1.165) is 53.5 Å². The van der Waals surface area contributed by atoms with E-state index in [9.17, 15) is 0 Å². The highest BCUT2D eigenvalue weighted by Gasteiger charge is 2.25. The van der Waals surface area contributed by atoms with Crippen molar-refractivity contribution in [3.05, 3.63) is 40.7 Å². The van der Waals surface area contributed by atoms with E-state index in [1.807, 2.05) is 0 Å². The van der Waals surface area contributed by atoms with Crippen molar-refractivity contribution in [1.82, 2.24) is 34.7 Å². The third-order valence-electron chi connectivity index (χ3n) is 6.24. The van der Waals surface area contributed by atoms with Crippen LogP contribution in [0.1, 0.15) is 60.7 Å². The molecule has 0 aromatic carbocycles. The molecule has 5 heterocycles. The van der Waals surface area contributed by atoms with Crippen molar-refractivity contribution in [3.8, 4) is 11.5 Å². The minimum atomic E-state index is -0.00806. The SMILES string of the molecule is CC(Nc1nc(-c2cnccn2)nc2sc3c(c12)CCCC3)c1nnc2n1CCCC2. The molecule has 2 aliphatic rings. The Kier molecular flexibility index (Phi) is 4.63. The maximum atomic E-state index is 4.94. The van der Waals surface area contributed by atoms with E-state index >= 15 is 0 Å². The van der Waals surface area contributed by atoms with Gasteiger partial charge in [-0.2, -0.15) is 0 Å². The number of thiophene rings is 1. The fourth-order valence-corrected chi connectivity index (χ4v) is 5.97. The number of nitrogens with one attached hydrogen (secondary N) is 1. The summed E-state index contributed by atoms with van der Waals surface area (Å²) < 4.78 is 2.27. The zero-order valence-electron chi connectivity index (χ0n) is 17.5. The zero-order valence-corrected chi connectivity index (χ0v) is 18.3. The van der Waals surface area contributed by atoms with Crippen LogP contribution in [-0.2, 0) is 25.8 Å². The van der Waals surface area contributed by atoms with Crippen molar-refractivity contribution in [2.45, 2.75) is 64.5 Å². The Balaban J connectivity index is 1.46. The summed E-state index contributed by atoms with van der Waals surface area (Å²) in [5.74, 6) is 3.55. The molecule has 8 nitrogen and oxygen atoms in total. The van der Waals surface area contributed by atoms with Gasteiger partial charge in [0.1, 0.15) is 22.2 Å². The Morgan fingerprint density at radius 1 is 1.03 bits per heavy atom. The number of rotatable bonds is 4. The van der Waals surface area contributed by atoms with Crippen LogP contribution in [0.15, 0.2) is 18.6 Å². The quantitative estimate of drug-likeness (QED) is 0.518. The number of anilines is 1. The first-order valence-corrected chi connectivity index (χ1v) is 11.9. The van der Waals surface area contributed by atoms with E-state index in [-0.39, 0.29) is 6.04 Å². The molecule has 9 heteroatoms. The lowest BCUT2D eigenvalue weighted by Gasteiger charge is -2.20. The molecular formula is C22H24N8S. The van der Waals surface area contributed by atoms with Crippen molar-refractivity contribution in [2.24, 2.45) is 0 Å². The van der Waals surface area contributed by atoms with Gasteiger partial charge in [0, 0.05) is 30.2 Å². The average molecular weight is 433 g/mol. The first-order chi connectivity index (χ1) is 15.3. The van der Waals surface area contributed by atoms with Crippen LogP contribution in [0.3, 0.4) is 0 Å². The van der Waals surface area contributed by atoms with Crippen LogP contribution in [0.25, 0.3) is 21.7 Å². The van der Waals surface area contributed by atoms with Gasteiger partial charge in [-0.3, -0.25) is 4.98 Å². The lowest BCUT2D eigenvalue weighted by molar-refractivity contribution is 0.500. The molecule has 0 radical (unpaired) electrons. The van der Waals surface area contributed by atoms with Gasteiger partial charge in [0.15, 0.2) is 11.6 Å². The van der Waals surface area contributed by atoms with E-state index in [1.54, 1.807) is 29.9 Å². The average Bonchev–Trinajstić information content (AvgIpc) is 3.41. The highest BCUT2D eigenvalue weighted by atomic mass is 32.1. The molecule has 0 spiro atoms. The molecule has 1 N–H and O–H groups in total. The monoisotopic (exact) mass is 432 g/mol. The summed E-state index contributed by atoms with van der Waals surface area (Å²) >= 11 is 1.80. The fraction of sp³-hybridized carbons (Fsp3) is 0.455. The van der Waals surface area contributed by atoms with Crippen molar-refractivity contribution in [2.75, 3.05) is 5.32 Å². The molecule has 31 heavy (non-hydrogen) atoms. The molecule has 4 aromatic heterocycles. The third kappa shape index (κ3) is 3.27. The summed E-state index contributed by atoms with van der Waals surface area (Å²) in [5.41, 5.74) is 2.10. The van der Waals surface area contributed by atoms with Crippen LogP contribution in [0.4, 0.5) is 5.82 Å². The molecular weight excluding hydrogens is 408 g/mol. The Labute approximate surface area is 184 Å². The van der Waals surface area contributed by atoms with E-state index < -0.39 is 0 Å². The van der Waals surface area contributed by atoms with Gasteiger partial charge in [-0.1, -0.05) is 0 Å². The first kappa shape index (κ1) is 18.8. The number of hydrogen-bond acceptors (Lipinski definition) is 8.